The number of phenolic OH excluding ortho intramolecular Hbond substituents is 2. The lowest BCUT2D eigenvalue weighted by atomic mass is 9.99. The molecule has 3 N–H and O–H groups in total. The van der Waals surface area contributed by atoms with Crippen molar-refractivity contribution in [3.63, 3.8) is 0 Å². The van der Waals surface area contributed by atoms with Crippen LogP contribution >= 0.6 is 11.6 Å². The molecule has 2 aliphatic rings. The van der Waals surface area contributed by atoms with Gasteiger partial charge in [-0.05, 0) is 43.8 Å². The van der Waals surface area contributed by atoms with Crippen molar-refractivity contribution in [1.29, 1.82) is 0 Å². The molecule has 1 saturated heterocycles. The largest absolute Gasteiger partial charge is 0.507 e. The molecule has 0 atom stereocenters. The van der Waals surface area contributed by atoms with Crippen LogP contribution in [0.25, 0.3) is 11.3 Å². The molecular formula is C25H30ClN5O2. The summed E-state index contributed by atoms with van der Waals surface area (Å²) in [5, 5.41) is 27.9. The van der Waals surface area contributed by atoms with Gasteiger partial charge < -0.3 is 20.0 Å². The van der Waals surface area contributed by atoms with E-state index in [2.05, 4.69) is 56.2 Å². The van der Waals surface area contributed by atoms with Crippen molar-refractivity contribution in [2.24, 2.45) is 0 Å². The maximum atomic E-state index is 10.4. The van der Waals surface area contributed by atoms with Gasteiger partial charge in [0.15, 0.2) is 0 Å². The first-order valence-electron chi connectivity index (χ1n) is 11.5. The normalized spacial score (nSPS) is 17.7. The van der Waals surface area contributed by atoms with Gasteiger partial charge in [0.05, 0.1) is 5.02 Å². The van der Waals surface area contributed by atoms with E-state index in [1.807, 2.05) is 0 Å². The van der Waals surface area contributed by atoms with E-state index in [0.29, 0.717) is 11.3 Å². The standard InChI is InChI=1S/C25H30ClN5O2/c1-29-8-2-9-31(12-11-29)18-5-3-17(4-6-18)15-30-10-7-22-20(16-30)25(28-27-22)19-13-21(26)24(33)14-23(19)32/h3-6,13-14,32-33H,2,7-12,15-16H2,1H3,(H,27,28). The zero-order chi connectivity index (χ0) is 22.9. The fraction of sp³-hybridized carbons (Fsp3) is 0.400. The number of aromatic amines is 1. The van der Waals surface area contributed by atoms with Gasteiger partial charge >= 0.3 is 0 Å². The molecule has 0 spiro atoms. The Balaban J connectivity index is 1.29. The topological polar surface area (TPSA) is 78.9 Å². The monoisotopic (exact) mass is 467 g/mol. The number of aromatic hydroxyl groups is 2. The summed E-state index contributed by atoms with van der Waals surface area (Å²) in [6, 6.07) is 11.8. The van der Waals surface area contributed by atoms with E-state index in [1.165, 1.54) is 23.7 Å². The second-order valence-corrected chi connectivity index (χ2v) is 9.53. The van der Waals surface area contributed by atoms with Crippen molar-refractivity contribution >= 4 is 17.3 Å². The molecule has 3 aromatic rings. The van der Waals surface area contributed by atoms with E-state index in [4.69, 9.17) is 11.6 Å². The quantitative estimate of drug-likeness (QED) is 0.541. The van der Waals surface area contributed by atoms with Crippen molar-refractivity contribution in [3.05, 3.63) is 58.2 Å². The van der Waals surface area contributed by atoms with Crippen LogP contribution in [0.1, 0.15) is 23.2 Å². The lowest BCUT2D eigenvalue weighted by Crippen LogP contribution is -2.30. The number of rotatable bonds is 4. The first-order valence-corrected chi connectivity index (χ1v) is 11.9. The number of nitrogens with one attached hydrogen (secondary N) is 1. The van der Waals surface area contributed by atoms with Crippen LogP contribution in [0.3, 0.4) is 0 Å². The summed E-state index contributed by atoms with van der Waals surface area (Å²) in [6.07, 6.45) is 2.07. The molecule has 5 rings (SSSR count). The Hall–Kier alpha value is -2.74. The molecular weight excluding hydrogens is 438 g/mol. The summed E-state index contributed by atoms with van der Waals surface area (Å²) in [5.74, 6) is -0.168. The van der Waals surface area contributed by atoms with Crippen molar-refractivity contribution in [2.75, 3.05) is 44.7 Å². The average molecular weight is 468 g/mol. The molecule has 7 nitrogen and oxygen atoms in total. The predicted octanol–water partition coefficient (Wildman–Crippen LogP) is 3.84. The number of hydrogen-bond acceptors (Lipinski definition) is 6. The van der Waals surface area contributed by atoms with Crippen LogP contribution in [-0.4, -0.2) is 70.0 Å². The van der Waals surface area contributed by atoms with Crippen molar-refractivity contribution < 1.29 is 10.2 Å². The molecule has 0 amide bonds. The Labute approximate surface area is 199 Å². The minimum Gasteiger partial charge on any atom is -0.507 e. The molecule has 0 aliphatic carbocycles. The molecule has 0 bridgehead atoms. The second-order valence-electron chi connectivity index (χ2n) is 9.12. The van der Waals surface area contributed by atoms with Crippen molar-refractivity contribution in [1.82, 2.24) is 20.0 Å². The maximum absolute atomic E-state index is 10.4. The number of anilines is 1. The molecule has 0 saturated carbocycles. The Kier molecular flexibility index (Phi) is 6.19. The highest BCUT2D eigenvalue weighted by Gasteiger charge is 2.25. The van der Waals surface area contributed by atoms with Crippen LogP contribution in [0, 0.1) is 0 Å². The van der Waals surface area contributed by atoms with Crippen LogP contribution in [0.2, 0.25) is 5.02 Å². The summed E-state index contributed by atoms with van der Waals surface area (Å²) < 4.78 is 0. The van der Waals surface area contributed by atoms with Gasteiger partial charge in [-0.15, -0.1) is 0 Å². The van der Waals surface area contributed by atoms with Gasteiger partial charge in [-0.25, -0.2) is 0 Å². The number of halogens is 1. The molecule has 2 aliphatic heterocycles. The molecule has 2 aromatic carbocycles. The van der Waals surface area contributed by atoms with E-state index in [9.17, 15) is 10.2 Å². The summed E-state index contributed by atoms with van der Waals surface area (Å²) in [4.78, 5) is 7.28. The highest BCUT2D eigenvalue weighted by atomic mass is 35.5. The zero-order valence-corrected chi connectivity index (χ0v) is 19.6. The van der Waals surface area contributed by atoms with Gasteiger partial charge in [0.2, 0.25) is 0 Å². The Morgan fingerprint density at radius 1 is 1.00 bits per heavy atom. The van der Waals surface area contributed by atoms with E-state index in [-0.39, 0.29) is 16.5 Å². The number of likely N-dealkylation sites (N-methyl/N-ethyl adjacent to an activating group) is 1. The predicted molar refractivity (Wildman–Crippen MR) is 131 cm³/mol. The Morgan fingerprint density at radius 2 is 1.82 bits per heavy atom. The van der Waals surface area contributed by atoms with Crippen LogP contribution < -0.4 is 4.90 Å². The lowest BCUT2D eigenvalue weighted by molar-refractivity contribution is 0.245. The zero-order valence-electron chi connectivity index (χ0n) is 18.9. The lowest BCUT2D eigenvalue weighted by Gasteiger charge is -2.28. The van der Waals surface area contributed by atoms with Crippen molar-refractivity contribution in [3.8, 4) is 22.8 Å². The number of fused-ring (bicyclic) bond motifs is 1. The van der Waals surface area contributed by atoms with Gasteiger partial charge in [0.1, 0.15) is 17.2 Å². The summed E-state index contributed by atoms with van der Waals surface area (Å²) in [5.41, 5.74) is 5.97. The highest BCUT2D eigenvalue weighted by molar-refractivity contribution is 6.32. The third-order valence-corrected chi connectivity index (χ3v) is 7.06. The van der Waals surface area contributed by atoms with Crippen LogP contribution in [0.4, 0.5) is 5.69 Å². The second kappa shape index (κ2) is 9.25. The molecule has 0 radical (unpaired) electrons. The van der Waals surface area contributed by atoms with Crippen LogP contribution in [0.5, 0.6) is 11.5 Å². The average Bonchev–Trinajstić information content (AvgIpc) is 3.09. The minimum absolute atomic E-state index is 0.0291. The molecule has 1 aromatic heterocycles. The van der Waals surface area contributed by atoms with E-state index >= 15 is 0 Å². The van der Waals surface area contributed by atoms with Gasteiger partial charge in [-0.1, -0.05) is 23.7 Å². The summed E-state index contributed by atoms with van der Waals surface area (Å²) in [7, 11) is 2.19. The fourth-order valence-corrected chi connectivity index (χ4v) is 4.99. The van der Waals surface area contributed by atoms with Gasteiger partial charge in [0.25, 0.3) is 0 Å². The van der Waals surface area contributed by atoms with Crippen molar-refractivity contribution in [2.45, 2.75) is 25.9 Å². The third kappa shape index (κ3) is 4.67. The van der Waals surface area contributed by atoms with Gasteiger partial charge in [-0.3, -0.25) is 10.00 Å². The number of benzene rings is 2. The summed E-state index contributed by atoms with van der Waals surface area (Å²) in [6.45, 7) is 6.98. The number of hydrogen-bond donors (Lipinski definition) is 3. The summed E-state index contributed by atoms with van der Waals surface area (Å²) >= 11 is 6.09. The molecule has 1 fully saturated rings. The molecule has 0 unspecified atom stereocenters. The molecule has 3 heterocycles. The minimum atomic E-state index is -0.139. The number of nitrogens with zero attached hydrogens (tertiary/aromatic N) is 4. The third-order valence-electron chi connectivity index (χ3n) is 6.76. The Morgan fingerprint density at radius 3 is 2.64 bits per heavy atom. The smallest absolute Gasteiger partial charge is 0.137 e. The van der Waals surface area contributed by atoms with Crippen LogP contribution in [-0.2, 0) is 19.5 Å². The number of aromatic nitrogens is 2. The molecule has 174 valence electrons. The Bertz CT molecular complexity index is 1130. The van der Waals surface area contributed by atoms with Gasteiger partial charge in [0, 0.05) is 74.3 Å². The van der Waals surface area contributed by atoms with E-state index in [1.54, 1.807) is 6.07 Å². The van der Waals surface area contributed by atoms with Crippen LogP contribution in [0.15, 0.2) is 36.4 Å². The molecule has 33 heavy (non-hydrogen) atoms. The van der Waals surface area contributed by atoms with Gasteiger partial charge in [-0.2, -0.15) is 5.10 Å². The SMILES string of the molecule is CN1CCCN(c2ccc(CN3CCc4[nH]nc(-c5cc(Cl)c(O)cc5O)c4C3)cc2)CC1. The molecule has 8 heteroatoms. The number of phenols is 2. The number of H-pyrrole nitrogens is 1. The maximum Gasteiger partial charge on any atom is 0.137 e. The highest BCUT2D eigenvalue weighted by Crippen LogP contribution is 2.39. The first kappa shape index (κ1) is 22.1. The first-order chi connectivity index (χ1) is 16.0. The fourth-order valence-electron chi connectivity index (χ4n) is 4.82. The van der Waals surface area contributed by atoms with E-state index in [0.717, 1.165) is 63.5 Å². The van der Waals surface area contributed by atoms with E-state index < -0.39 is 0 Å².